The van der Waals surface area contributed by atoms with E-state index in [1.54, 1.807) is 11.3 Å². The van der Waals surface area contributed by atoms with Gasteiger partial charge in [-0.1, -0.05) is 6.92 Å². The fourth-order valence-electron chi connectivity index (χ4n) is 3.57. The first kappa shape index (κ1) is 18.0. The molecule has 1 N–H and O–H groups in total. The molecule has 0 bridgehead atoms. The first-order valence-corrected chi connectivity index (χ1v) is 10.9. The van der Waals surface area contributed by atoms with E-state index < -0.39 is 0 Å². The van der Waals surface area contributed by atoms with Crippen molar-refractivity contribution in [3.63, 3.8) is 0 Å². The minimum Gasteiger partial charge on any atom is -0.333 e. The highest BCUT2D eigenvalue weighted by molar-refractivity contribution is 7.99. The number of piperidine rings is 1. The summed E-state index contributed by atoms with van der Waals surface area (Å²) in [6.07, 6.45) is 3.14. The minimum absolute atomic E-state index is 0.0794. The maximum Gasteiger partial charge on any atom is 0.317 e. The Morgan fingerprint density at radius 3 is 2.62 bits per heavy atom. The second kappa shape index (κ2) is 8.54. The van der Waals surface area contributed by atoms with Crippen molar-refractivity contribution in [1.82, 2.24) is 20.1 Å². The number of aromatic nitrogens is 1. The fraction of sp³-hybridized carbons (Fsp3) is 0.765. The molecule has 134 valence electrons. The summed E-state index contributed by atoms with van der Waals surface area (Å²) in [5, 5.41) is 4.17. The monoisotopic (exact) mass is 368 g/mol. The molecule has 0 unspecified atom stereocenters. The number of hydrogen-bond donors (Lipinski definition) is 1. The topological polar surface area (TPSA) is 48.5 Å². The SMILES string of the molecule is CCc1nc(C)sc1CNC(=O)N1CCC(N2CCSCC2)CC1. The van der Waals surface area contributed by atoms with E-state index in [1.807, 2.05) is 11.8 Å². The normalized spacial score (nSPS) is 20.3. The molecule has 2 aliphatic heterocycles. The molecular formula is C17H28N4OS2. The summed E-state index contributed by atoms with van der Waals surface area (Å²) in [6.45, 7) is 8.93. The van der Waals surface area contributed by atoms with Crippen molar-refractivity contribution in [2.75, 3.05) is 37.7 Å². The number of rotatable bonds is 4. The Kier molecular flexibility index (Phi) is 6.41. The molecular weight excluding hydrogens is 340 g/mol. The Morgan fingerprint density at radius 2 is 1.96 bits per heavy atom. The van der Waals surface area contributed by atoms with Gasteiger partial charge in [0, 0.05) is 48.6 Å². The molecule has 2 saturated heterocycles. The van der Waals surface area contributed by atoms with Crippen molar-refractivity contribution < 1.29 is 4.79 Å². The molecule has 1 aromatic rings. The molecule has 2 amide bonds. The van der Waals surface area contributed by atoms with E-state index in [0.29, 0.717) is 12.6 Å². The standard InChI is InChI=1S/C17H28N4OS2/c1-3-15-16(24-13(2)19-15)12-18-17(22)21-6-4-14(5-7-21)20-8-10-23-11-9-20/h14H,3-12H2,1-2H3,(H,18,22). The first-order valence-electron chi connectivity index (χ1n) is 8.97. The Bertz CT molecular complexity index is 549. The molecule has 0 radical (unpaired) electrons. The van der Waals surface area contributed by atoms with E-state index in [4.69, 9.17) is 0 Å². The van der Waals surface area contributed by atoms with Crippen LogP contribution < -0.4 is 5.32 Å². The van der Waals surface area contributed by atoms with Crippen LogP contribution in [0.1, 0.15) is 35.3 Å². The average Bonchev–Trinajstić information content (AvgIpc) is 3.00. The lowest BCUT2D eigenvalue weighted by molar-refractivity contribution is 0.124. The van der Waals surface area contributed by atoms with Gasteiger partial charge in [0.05, 0.1) is 17.2 Å². The summed E-state index contributed by atoms with van der Waals surface area (Å²) in [6, 6.07) is 0.751. The van der Waals surface area contributed by atoms with Gasteiger partial charge in [-0.2, -0.15) is 11.8 Å². The van der Waals surface area contributed by atoms with Crippen LogP contribution in [0.4, 0.5) is 4.79 Å². The molecule has 5 nitrogen and oxygen atoms in total. The minimum atomic E-state index is 0.0794. The highest BCUT2D eigenvalue weighted by atomic mass is 32.2. The van der Waals surface area contributed by atoms with E-state index in [1.165, 1.54) is 29.5 Å². The third-order valence-electron chi connectivity index (χ3n) is 4.93. The van der Waals surface area contributed by atoms with Crippen molar-refractivity contribution in [1.29, 1.82) is 0 Å². The maximum atomic E-state index is 12.4. The lowest BCUT2D eigenvalue weighted by Crippen LogP contribution is -2.51. The molecule has 2 fully saturated rings. The van der Waals surface area contributed by atoms with E-state index in [0.717, 1.165) is 43.1 Å². The van der Waals surface area contributed by atoms with Crippen LogP contribution in [0.15, 0.2) is 0 Å². The van der Waals surface area contributed by atoms with Crippen molar-refractivity contribution >= 4 is 29.1 Å². The van der Waals surface area contributed by atoms with Gasteiger partial charge in [-0.15, -0.1) is 11.3 Å². The van der Waals surface area contributed by atoms with Crippen LogP contribution >= 0.6 is 23.1 Å². The van der Waals surface area contributed by atoms with Crippen molar-refractivity contribution in [3.05, 3.63) is 15.6 Å². The summed E-state index contributed by atoms with van der Waals surface area (Å²) >= 11 is 3.75. The van der Waals surface area contributed by atoms with Gasteiger partial charge in [0.25, 0.3) is 0 Å². The van der Waals surface area contributed by atoms with Gasteiger partial charge in [0.15, 0.2) is 0 Å². The number of aryl methyl sites for hydroxylation is 2. The van der Waals surface area contributed by atoms with Gasteiger partial charge in [0.1, 0.15) is 0 Å². The summed E-state index contributed by atoms with van der Waals surface area (Å²) in [7, 11) is 0. The van der Waals surface area contributed by atoms with E-state index >= 15 is 0 Å². The molecule has 0 aliphatic carbocycles. The quantitative estimate of drug-likeness (QED) is 0.888. The Hall–Kier alpha value is -0.790. The summed E-state index contributed by atoms with van der Waals surface area (Å²) < 4.78 is 0. The van der Waals surface area contributed by atoms with Gasteiger partial charge >= 0.3 is 6.03 Å². The Labute approximate surface area is 153 Å². The molecule has 24 heavy (non-hydrogen) atoms. The lowest BCUT2D eigenvalue weighted by atomic mass is 10.0. The molecule has 0 aromatic carbocycles. The molecule has 3 heterocycles. The van der Waals surface area contributed by atoms with Crippen LogP contribution in [0, 0.1) is 6.92 Å². The van der Waals surface area contributed by atoms with Gasteiger partial charge in [-0.3, -0.25) is 4.90 Å². The number of nitrogens with one attached hydrogen (secondary N) is 1. The first-order chi connectivity index (χ1) is 11.7. The highest BCUT2D eigenvalue weighted by Gasteiger charge is 2.27. The van der Waals surface area contributed by atoms with Crippen LogP contribution in [0.5, 0.6) is 0 Å². The number of nitrogens with zero attached hydrogens (tertiary/aromatic N) is 3. The van der Waals surface area contributed by atoms with Crippen molar-refractivity contribution in [2.45, 2.75) is 45.7 Å². The third-order valence-corrected chi connectivity index (χ3v) is 6.89. The number of hydrogen-bond acceptors (Lipinski definition) is 5. The van der Waals surface area contributed by atoms with E-state index in [9.17, 15) is 4.79 Å². The smallest absolute Gasteiger partial charge is 0.317 e. The summed E-state index contributed by atoms with van der Waals surface area (Å²) in [5.74, 6) is 2.52. The third kappa shape index (κ3) is 4.43. The van der Waals surface area contributed by atoms with E-state index in [2.05, 4.69) is 33.9 Å². The molecule has 0 saturated carbocycles. The Balaban J connectivity index is 1.45. The second-order valence-electron chi connectivity index (χ2n) is 6.48. The molecule has 7 heteroatoms. The molecule has 1 aromatic heterocycles. The van der Waals surface area contributed by atoms with E-state index in [-0.39, 0.29) is 6.03 Å². The molecule has 0 atom stereocenters. The van der Waals surface area contributed by atoms with Crippen molar-refractivity contribution in [2.24, 2.45) is 0 Å². The number of amides is 2. The zero-order valence-electron chi connectivity index (χ0n) is 14.7. The van der Waals surface area contributed by atoms with Crippen LogP contribution in [0.25, 0.3) is 0 Å². The number of carbonyl (C=O) groups is 1. The van der Waals surface area contributed by atoms with Crippen LogP contribution in [0.2, 0.25) is 0 Å². The summed E-state index contributed by atoms with van der Waals surface area (Å²) in [4.78, 5) is 22.8. The second-order valence-corrected chi connectivity index (χ2v) is 8.99. The zero-order chi connectivity index (χ0) is 16.9. The lowest BCUT2D eigenvalue weighted by Gasteiger charge is -2.40. The molecule has 2 aliphatic rings. The highest BCUT2D eigenvalue weighted by Crippen LogP contribution is 2.21. The van der Waals surface area contributed by atoms with Crippen LogP contribution in [0.3, 0.4) is 0 Å². The number of urea groups is 1. The predicted molar refractivity (Wildman–Crippen MR) is 102 cm³/mol. The van der Waals surface area contributed by atoms with Crippen LogP contribution in [-0.2, 0) is 13.0 Å². The molecule has 3 rings (SSSR count). The van der Waals surface area contributed by atoms with Crippen LogP contribution in [-0.4, -0.2) is 64.5 Å². The average molecular weight is 369 g/mol. The van der Waals surface area contributed by atoms with Gasteiger partial charge < -0.3 is 10.2 Å². The largest absolute Gasteiger partial charge is 0.333 e. The summed E-state index contributed by atoms with van der Waals surface area (Å²) in [5.41, 5.74) is 1.12. The number of carbonyl (C=O) groups excluding carboxylic acids is 1. The van der Waals surface area contributed by atoms with Gasteiger partial charge in [0.2, 0.25) is 0 Å². The van der Waals surface area contributed by atoms with Gasteiger partial charge in [-0.25, -0.2) is 9.78 Å². The van der Waals surface area contributed by atoms with Gasteiger partial charge in [-0.05, 0) is 26.2 Å². The Morgan fingerprint density at radius 1 is 1.25 bits per heavy atom. The number of thiazole rings is 1. The van der Waals surface area contributed by atoms with Crippen molar-refractivity contribution in [3.8, 4) is 0 Å². The predicted octanol–water partition coefficient (Wildman–Crippen LogP) is 2.74. The molecule has 0 spiro atoms. The maximum absolute atomic E-state index is 12.4. The zero-order valence-corrected chi connectivity index (χ0v) is 16.3. The fourth-order valence-corrected chi connectivity index (χ4v) is 5.47. The number of thioether (sulfide) groups is 1. The number of likely N-dealkylation sites (tertiary alicyclic amines) is 1.